The highest BCUT2D eigenvalue weighted by Crippen LogP contribution is 2.32. The number of benzene rings is 2. The van der Waals surface area contributed by atoms with Crippen LogP contribution in [0.1, 0.15) is 18.6 Å². The van der Waals surface area contributed by atoms with E-state index in [0.717, 1.165) is 5.56 Å². The summed E-state index contributed by atoms with van der Waals surface area (Å²) in [6.07, 6.45) is -0.492. The molecule has 0 aliphatic carbocycles. The fraction of sp³-hybridized carbons (Fsp3) is 0.143. The molecule has 4 heteroatoms. The maximum Gasteiger partial charge on any atom is 0.147 e. The van der Waals surface area contributed by atoms with Crippen molar-refractivity contribution in [3.05, 3.63) is 58.1 Å². The van der Waals surface area contributed by atoms with Gasteiger partial charge in [-0.3, -0.25) is 0 Å². The molecule has 94 valence electrons. The number of ether oxygens (including phenoxy) is 1. The van der Waals surface area contributed by atoms with E-state index in [0.29, 0.717) is 21.5 Å². The van der Waals surface area contributed by atoms with E-state index in [4.69, 9.17) is 27.9 Å². The van der Waals surface area contributed by atoms with Crippen LogP contribution in [0, 0.1) is 0 Å². The molecule has 2 rings (SSSR count). The standard InChI is InChI=1S/C14H12Cl2O2/c1-9(17)10-2-5-12(6-3-10)18-14-8-11(15)4-7-13(14)16/h2-9,17H,1H3/t9-/m1/s1. The molecule has 0 spiro atoms. The van der Waals surface area contributed by atoms with E-state index in [-0.39, 0.29) is 0 Å². The fourth-order valence-corrected chi connectivity index (χ4v) is 1.81. The number of hydrogen-bond donors (Lipinski definition) is 1. The molecule has 0 aliphatic heterocycles. The first-order valence-corrected chi connectivity index (χ1v) is 6.23. The molecule has 1 N–H and O–H groups in total. The Hall–Kier alpha value is -1.22. The quantitative estimate of drug-likeness (QED) is 0.873. The van der Waals surface area contributed by atoms with Gasteiger partial charge in [-0.1, -0.05) is 35.3 Å². The molecule has 0 saturated heterocycles. The normalized spacial score (nSPS) is 12.2. The highest BCUT2D eigenvalue weighted by molar-refractivity contribution is 6.34. The van der Waals surface area contributed by atoms with Gasteiger partial charge in [0.15, 0.2) is 0 Å². The number of aliphatic hydroxyl groups excluding tert-OH is 1. The van der Waals surface area contributed by atoms with Gasteiger partial charge >= 0.3 is 0 Å². The van der Waals surface area contributed by atoms with Crippen LogP contribution in [0.5, 0.6) is 11.5 Å². The first-order chi connectivity index (χ1) is 8.56. The van der Waals surface area contributed by atoms with Gasteiger partial charge in [0, 0.05) is 11.1 Å². The highest BCUT2D eigenvalue weighted by atomic mass is 35.5. The Labute approximate surface area is 116 Å². The van der Waals surface area contributed by atoms with Crippen molar-refractivity contribution in [3.8, 4) is 11.5 Å². The zero-order valence-electron chi connectivity index (χ0n) is 9.73. The lowest BCUT2D eigenvalue weighted by Crippen LogP contribution is -1.91. The minimum atomic E-state index is -0.492. The van der Waals surface area contributed by atoms with Gasteiger partial charge in [0.2, 0.25) is 0 Å². The molecule has 0 radical (unpaired) electrons. The van der Waals surface area contributed by atoms with Crippen molar-refractivity contribution >= 4 is 23.2 Å². The van der Waals surface area contributed by atoms with E-state index < -0.39 is 6.10 Å². The monoisotopic (exact) mass is 282 g/mol. The average molecular weight is 283 g/mol. The van der Waals surface area contributed by atoms with Crippen LogP contribution in [-0.4, -0.2) is 5.11 Å². The molecule has 0 amide bonds. The number of rotatable bonds is 3. The Morgan fingerprint density at radius 1 is 1.06 bits per heavy atom. The summed E-state index contributed by atoms with van der Waals surface area (Å²) in [5, 5.41) is 10.5. The maximum atomic E-state index is 9.41. The first kappa shape index (κ1) is 13.2. The lowest BCUT2D eigenvalue weighted by atomic mass is 10.1. The van der Waals surface area contributed by atoms with E-state index in [1.54, 1.807) is 49.4 Å². The summed E-state index contributed by atoms with van der Waals surface area (Å²) in [6, 6.07) is 12.2. The van der Waals surface area contributed by atoms with Gasteiger partial charge in [0.1, 0.15) is 11.5 Å². The molecular weight excluding hydrogens is 271 g/mol. The topological polar surface area (TPSA) is 29.5 Å². The van der Waals surface area contributed by atoms with Gasteiger partial charge in [0.25, 0.3) is 0 Å². The summed E-state index contributed by atoms with van der Waals surface area (Å²) in [5.41, 5.74) is 0.833. The molecule has 0 bridgehead atoms. The third kappa shape index (κ3) is 3.16. The maximum absolute atomic E-state index is 9.41. The highest BCUT2D eigenvalue weighted by Gasteiger charge is 2.05. The summed E-state index contributed by atoms with van der Waals surface area (Å²) in [7, 11) is 0. The second-order valence-corrected chi connectivity index (χ2v) is 4.77. The molecule has 2 aromatic carbocycles. The van der Waals surface area contributed by atoms with Crippen LogP contribution >= 0.6 is 23.2 Å². The lowest BCUT2D eigenvalue weighted by molar-refractivity contribution is 0.199. The molecule has 0 heterocycles. The molecule has 18 heavy (non-hydrogen) atoms. The fourth-order valence-electron chi connectivity index (χ4n) is 1.50. The van der Waals surface area contributed by atoms with Gasteiger partial charge in [-0.05, 0) is 36.8 Å². The Balaban J connectivity index is 2.21. The number of hydrogen-bond acceptors (Lipinski definition) is 2. The molecular formula is C14H12Cl2O2. The largest absolute Gasteiger partial charge is 0.456 e. The van der Waals surface area contributed by atoms with Gasteiger partial charge in [-0.2, -0.15) is 0 Å². The smallest absolute Gasteiger partial charge is 0.147 e. The van der Waals surface area contributed by atoms with E-state index in [1.807, 2.05) is 0 Å². The third-order valence-electron chi connectivity index (χ3n) is 2.48. The van der Waals surface area contributed by atoms with Gasteiger partial charge in [-0.25, -0.2) is 0 Å². The van der Waals surface area contributed by atoms with E-state index in [1.165, 1.54) is 0 Å². The van der Waals surface area contributed by atoms with Gasteiger partial charge < -0.3 is 9.84 Å². The zero-order chi connectivity index (χ0) is 13.1. The second-order valence-electron chi connectivity index (χ2n) is 3.92. The predicted molar refractivity (Wildman–Crippen MR) is 73.6 cm³/mol. The van der Waals surface area contributed by atoms with Gasteiger partial charge in [-0.15, -0.1) is 0 Å². The number of aliphatic hydroxyl groups is 1. The molecule has 2 nitrogen and oxygen atoms in total. The molecule has 0 aliphatic rings. The van der Waals surface area contributed by atoms with Crippen LogP contribution in [0.4, 0.5) is 0 Å². The molecule has 1 atom stereocenters. The molecule has 0 aromatic heterocycles. The summed E-state index contributed by atoms with van der Waals surface area (Å²) >= 11 is 11.9. The van der Waals surface area contributed by atoms with Crippen LogP contribution < -0.4 is 4.74 Å². The zero-order valence-corrected chi connectivity index (χ0v) is 11.2. The summed E-state index contributed by atoms with van der Waals surface area (Å²) in [4.78, 5) is 0. The van der Waals surface area contributed by atoms with Crippen molar-refractivity contribution < 1.29 is 9.84 Å². The molecule has 0 fully saturated rings. The van der Waals surface area contributed by atoms with E-state index in [2.05, 4.69) is 0 Å². The van der Waals surface area contributed by atoms with Crippen molar-refractivity contribution in [2.75, 3.05) is 0 Å². The Bertz CT molecular complexity index is 536. The SMILES string of the molecule is C[C@@H](O)c1ccc(Oc2cc(Cl)ccc2Cl)cc1. The summed E-state index contributed by atoms with van der Waals surface area (Å²) < 4.78 is 5.63. The van der Waals surface area contributed by atoms with Crippen LogP contribution in [0.15, 0.2) is 42.5 Å². The average Bonchev–Trinajstić information content (AvgIpc) is 2.34. The third-order valence-corrected chi connectivity index (χ3v) is 3.03. The Morgan fingerprint density at radius 2 is 1.72 bits per heavy atom. The lowest BCUT2D eigenvalue weighted by Gasteiger charge is -2.09. The molecule has 0 saturated carbocycles. The van der Waals surface area contributed by atoms with Crippen LogP contribution in [-0.2, 0) is 0 Å². The molecule has 0 unspecified atom stereocenters. The van der Waals surface area contributed by atoms with Crippen molar-refractivity contribution in [1.29, 1.82) is 0 Å². The first-order valence-electron chi connectivity index (χ1n) is 5.47. The van der Waals surface area contributed by atoms with Crippen LogP contribution in [0.25, 0.3) is 0 Å². The minimum Gasteiger partial charge on any atom is -0.456 e. The van der Waals surface area contributed by atoms with Crippen molar-refractivity contribution in [2.24, 2.45) is 0 Å². The van der Waals surface area contributed by atoms with Crippen molar-refractivity contribution in [1.82, 2.24) is 0 Å². The Kier molecular flexibility index (Phi) is 4.12. The van der Waals surface area contributed by atoms with E-state index in [9.17, 15) is 5.11 Å². The van der Waals surface area contributed by atoms with Crippen LogP contribution in [0.3, 0.4) is 0 Å². The predicted octanol–water partition coefficient (Wildman–Crippen LogP) is 4.84. The second kappa shape index (κ2) is 5.61. The van der Waals surface area contributed by atoms with Gasteiger partial charge in [0.05, 0.1) is 11.1 Å². The van der Waals surface area contributed by atoms with Crippen LogP contribution in [0.2, 0.25) is 10.0 Å². The summed E-state index contributed by atoms with van der Waals surface area (Å²) in [5.74, 6) is 1.15. The Morgan fingerprint density at radius 3 is 2.33 bits per heavy atom. The molecule has 2 aromatic rings. The number of halogens is 2. The van der Waals surface area contributed by atoms with E-state index >= 15 is 0 Å². The summed E-state index contributed by atoms with van der Waals surface area (Å²) in [6.45, 7) is 1.71. The van der Waals surface area contributed by atoms with Crippen molar-refractivity contribution in [2.45, 2.75) is 13.0 Å². The van der Waals surface area contributed by atoms with Crippen molar-refractivity contribution in [3.63, 3.8) is 0 Å². The minimum absolute atomic E-state index is 0.492.